The quantitative estimate of drug-likeness (QED) is 0.820. The number of rotatable bonds is 7. The van der Waals surface area contributed by atoms with Crippen LogP contribution in [0.3, 0.4) is 0 Å². The van der Waals surface area contributed by atoms with Crippen molar-refractivity contribution in [2.45, 2.75) is 45.1 Å². The molecule has 2 heteroatoms. The first kappa shape index (κ1) is 15.7. The third-order valence-corrected chi connectivity index (χ3v) is 3.81. The molecular weight excluding hydrogens is 258 g/mol. The molecule has 0 aliphatic rings. The van der Waals surface area contributed by atoms with Crippen LogP contribution in [0.2, 0.25) is 0 Å². The Hall–Kier alpha value is -1.67. The Morgan fingerprint density at radius 3 is 2.38 bits per heavy atom. The lowest BCUT2D eigenvalue weighted by molar-refractivity contribution is 0.00482. The lowest BCUT2D eigenvalue weighted by Gasteiger charge is -2.30. The second-order valence-electron chi connectivity index (χ2n) is 6.17. The summed E-state index contributed by atoms with van der Waals surface area (Å²) in [6, 6.07) is 16.0. The maximum atomic E-state index is 11.1. The molecule has 1 N–H and O–H groups in total. The number of benzene rings is 1. The number of hydrogen-bond acceptors (Lipinski definition) is 2. The van der Waals surface area contributed by atoms with Crippen molar-refractivity contribution in [1.29, 1.82) is 0 Å². The number of aliphatic hydroxyl groups is 1. The summed E-state index contributed by atoms with van der Waals surface area (Å²) < 4.78 is 0. The summed E-state index contributed by atoms with van der Waals surface area (Å²) in [5.74, 6) is 0.463. The van der Waals surface area contributed by atoms with Crippen molar-refractivity contribution in [3.63, 3.8) is 0 Å². The largest absolute Gasteiger partial charge is 0.385 e. The van der Waals surface area contributed by atoms with Crippen molar-refractivity contribution in [2.24, 2.45) is 5.92 Å². The molecule has 21 heavy (non-hydrogen) atoms. The van der Waals surface area contributed by atoms with E-state index in [1.54, 1.807) is 0 Å². The van der Waals surface area contributed by atoms with E-state index in [0.717, 1.165) is 36.9 Å². The zero-order valence-corrected chi connectivity index (χ0v) is 13.0. The first-order valence-corrected chi connectivity index (χ1v) is 7.78. The minimum atomic E-state index is -0.732. The highest BCUT2D eigenvalue weighted by Crippen LogP contribution is 2.33. The van der Waals surface area contributed by atoms with Gasteiger partial charge in [0.1, 0.15) is 0 Å². The number of aromatic nitrogens is 1. The van der Waals surface area contributed by atoms with Crippen molar-refractivity contribution in [2.75, 3.05) is 0 Å². The molecular formula is C19H25NO. The van der Waals surface area contributed by atoms with Crippen LogP contribution in [0, 0.1) is 5.92 Å². The average molecular weight is 283 g/mol. The second-order valence-corrected chi connectivity index (χ2v) is 6.17. The normalized spacial score (nSPS) is 14.1. The van der Waals surface area contributed by atoms with Crippen LogP contribution in [0.25, 0.3) is 0 Å². The highest BCUT2D eigenvalue weighted by molar-refractivity contribution is 5.22. The standard InChI is InChI=1S/C19H25NO/c1-16(2)15-19(21,17-9-4-3-5-10-17)13-8-12-18-11-6-7-14-20-18/h3-7,9-11,14,16,21H,8,12-13,15H2,1-2H3/t19-/m0/s1. The number of aryl methyl sites for hydroxylation is 1. The Morgan fingerprint density at radius 2 is 1.76 bits per heavy atom. The fourth-order valence-electron chi connectivity index (χ4n) is 2.90. The Bertz CT molecular complexity index is 524. The third-order valence-electron chi connectivity index (χ3n) is 3.81. The molecule has 0 aliphatic carbocycles. The molecule has 1 aromatic heterocycles. The van der Waals surface area contributed by atoms with Crippen LogP contribution in [-0.4, -0.2) is 10.1 Å². The van der Waals surface area contributed by atoms with Crippen molar-refractivity contribution in [3.8, 4) is 0 Å². The number of pyridine rings is 1. The van der Waals surface area contributed by atoms with Gasteiger partial charge in [0.2, 0.25) is 0 Å². The molecule has 0 spiro atoms. The maximum absolute atomic E-state index is 11.1. The molecule has 0 unspecified atom stereocenters. The Labute approximate surface area is 127 Å². The van der Waals surface area contributed by atoms with E-state index in [1.165, 1.54) is 0 Å². The summed E-state index contributed by atoms with van der Waals surface area (Å²) in [7, 11) is 0. The van der Waals surface area contributed by atoms with Crippen LogP contribution in [0.15, 0.2) is 54.7 Å². The topological polar surface area (TPSA) is 33.1 Å². The van der Waals surface area contributed by atoms with Crippen LogP contribution in [0.5, 0.6) is 0 Å². The van der Waals surface area contributed by atoms with Crippen LogP contribution < -0.4 is 0 Å². The van der Waals surface area contributed by atoms with Gasteiger partial charge in [-0.3, -0.25) is 4.98 Å². The van der Waals surface area contributed by atoms with Crippen LogP contribution >= 0.6 is 0 Å². The molecule has 0 amide bonds. The predicted molar refractivity (Wildman–Crippen MR) is 87.0 cm³/mol. The number of nitrogens with zero attached hydrogens (tertiary/aromatic N) is 1. The van der Waals surface area contributed by atoms with E-state index in [0.29, 0.717) is 5.92 Å². The van der Waals surface area contributed by atoms with E-state index in [9.17, 15) is 5.11 Å². The van der Waals surface area contributed by atoms with Gasteiger partial charge in [0.15, 0.2) is 0 Å². The second kappa shape index (κ2) is 7.37. The number of hydrogen-bond donors (Lipinski definition) is 1. The Balaban J connectivity index is 2.03. The van der Waals surface area contributed by atoms with E-state index in [1.807, 2.05) is 54.7 Å². The zero-order valence-electron chi connectivity index (χ0n) is 13.0. The average Bonchev–Trinajstić information content (AvgIpc) is 2.48. The Kier molecular flexibility index (Phi) is 5.51. The lowest BCUT2D eigenvalue weighted by atomic mass is 9.81. The zero-order chi connectivity index (χ0) is 15.1. The fraction of sp³-hybridized carbons (Fsp3) is 0.421. The minimum Gasteiger partial charge on any atom is -0.385 e. The maximum Gasteiger partial charge on any atom is 0.0899 e. The lowest BCUT2D eigenvalue weighted by Crippen LogP contribution is -2.28. The molecule has 1 aromatic carbocycles. The molecule has 0 saturated carbocycles. The monoisotopic (exact) mass is 283 g/mol. The van der Waals surface area contributed by atoms with E-state index >= 15 is 0 Å². The van der Waals surface area contributed by atoms with Gasteiger partial charge in [-0.25, -0.2) is 0 Å². The van der Waals surface area contributed by atoms with Crippen LogP contribution in [-0.2, 0) is 12.0 Å². The molecule has 2 aromatic rings. The SMILES string of the molecule is CC(C)C[C@@](O)(CCCc1ccccn1)c1ccccc1. The minimum absolute atomic E-state index is 0.463. The van der Waals surface area contributed by atoms with Crippen molar-refractivity contribution >= 4 is 0 Å². The van der Waals surface area contributed by atoms with Crippen molar-refractivity contribution in [1.82, 2.24) is 4.98 Å². The molecule has 1 heterocycles. The molecule has 2 nitrogen and oxygen atoms in total. The van der Waals surface area contributed by atoms with E-state index in [2.05, 4.69) is 18.8 Å². The fourth-order valence-corrected chi connectivity index (χ4v) is 2.90. The third kappa shape index (κ3) is 4.68. The summed E-state index contributed by atoms with van der Waals surface area (Å²) in [6.45, 7) is 4.32. The summed E-state index contributed by atoms with van der Waals surface area (Å²) in [6.07, 6.45) is 5.24. The summed E-state index contributed by atoms with van der Waals surface area (Å²) in [4.78, 5) is 4.35. The predicted octanol–water partition coefficient (Wildman–Crippen LogP) is 4.34. The van der Waals surface area contributed by atoms with Gasteiger partial charge in [-0.2, -0.15) is 0 Å². The highest BCUT2D eigenvalue weighted by Gasteiger charge is 2.29. The van der Waals surface area contributed by atoms with Gasteiger partial charge in [-0.05, 0) is 49.3 Å². The molecule has 2 rings (SSSR count). The molecule has 0 radical (unpaired) electrons. The molecule has 0 bridgehead atoms. The Morgan fingerprint density at radius 1 is 1.05 bits per heavy atom. The van der Waals surface area contributed by atoms with E-state index in [4.69, 9.17) is 0 Å². The highest BCUT2D eigenvalue weighted by atomic mass is 16.3. The van der Waals surface area contributed by atoms with Gasteiger partial charge in [0.25, 0.3) is 0 Å². The smallest absolute Gasteiger partial charge is 0.0899 e. The first-order valence-electron chi connectivity index (χ1n) is 7.78. The van der Waals surface area contributed by atoms with Crippen LogP contribution in [0.4, 0.5) is 0 Å². The van der Waals surface area contributed by atoms with Gasteiger partial charge >= 0.3 is 0 Å². The van der Waals surface area contributed by atoms with E-state index < -0.39 is 5.60 Å². The molecule has 0 saturated heterocycles. The molecule has 112 valence electrons. The molecule has 0 aliphatic heterocycles. The van der Waals surface area contributed by atoms with E-state index in [-0.39, 0.29) is 0 Å². The van der Waals surface area contributed by atoms with Gasteiger partial charge in [0, 0.05) is 11.9 Å². The van der Waals surface area contributed by atoms with Crippen LogP contribution in [0.1, 0.15) is 44.4 Å². The van der Waals surface area contributed by atoms with Crippen molar-refractivity contribution < 1.29 is 5.11 Å². The summed E-state index contributed by atoms with van der Waals surface area (Å²) in [5, 5.41) is 11.1. The van der Waals surface area contributed by atoms with Gasteiger partial charge < -0.3 is 5.11 Å². The van der Waals surface area contributed by atoms with Gasteiger partial charge in [0.05, 0.1) is 5.60 Å². The first-order chi connectivity index (χ1) is 10.1. The molecule has 1 atom stereocenters. The summed E-state index contributed by atoms with van der Waals surface area (Å²) >= 11 is 0. The molecule has 0 fully saturated rings. The van der Waals surface area contributed by atoms with Gasteiger partial charge in [-0.15, -0.1) is 0 Å². The van der Waals surface area contributed by atoms with Crippen molar-refractivity contribution in [3.05, 3.63) is 66.0 Å². The summed E-state index contributed by atoms with van der Waals surface area (Å²) in [5.41, 5.74) is 1.39. The van der Waals surface area contributed by atoms with Gasteiger partial charge in [-0.1, -0.05) is 50.2 Å².